The maximum absolute atomic E-state index is 11.6. The van der Waals surface area contributed by atoms with Crippen LogP contribution in [-0.4, -0.2) is 29.4 Å². The molecule has 0 unspecified atom stereocenters. The number of pyridine rings is 1. The number of aromatic nitrogens is 1. The summed E-state index contributed by atoms with van der Waals surface area (Å²) in [6, 6.07) is 3.69. The van der Waals surface area contributed by atoms with Crippen molar-refractivity contribution in [2.45, 2.75) is 51.7 Å². The number of hydrogen-bond donors (Lipinski definition) is 2. The minimum atomic E-state index is -0.211. The lowest BCUT2D eigenvalue weighted by Gasteiger charge is -2.13. The first kappa shape index (κ1) is 16.3. The summed E-state index contributed by atoms with van der Waals surface area (Å²) in [6.07, 6.45) is 6.92. The van der Waals surface area contributed by atoms with Gasteiger partial charge >= 0.3 is 0 Å². The summed E-state index contributed by atoms with van der Waals surface area (Å²) in [5.74, 6) is 0.265. The molecule has 0 radical (unpaired) electrons. The van der Waals surface area contributed by atoms with E-state index in [1.54, 1.807) is 13.1 Å². The summed E-state index contributed by atoms with van der Waals surface area (Å²) >= 11 is 0. The average molecular weight is 305 g/mol. The van der Waals surface area contributed by atoms with Crippen LogP contribution in [0.1, 0.15) is 44.6 Å². The number of ether oxygens (including phenoxy) is 1. The van der Waals surface area contributed by atoms with Crippen LogP contribution in [0.5, 0.6) is 5.88 Å². The summed E-state index contributed by atoms with van der Waals surface area (Å²) < 4.78 is 5.84. The molecule has 1 saturated carbocycles. The Kier molecular flexibility index (Phi) is 6.18. The lowest BCUT2D eigenvalue weighted by atomic mass is 10.2. The molecule has 2 N–H and O–H groups in total. The maximum atomic E-state index is 11.6. The third-order valence-electron chi connectivity index (χ3n) is 3.65. The smallest absolute Gasteiger partial charge is 0.239 e. The van der Waals surface area contributed by atoms with Crippen LogP contribution < -0.4 is 15.4 Å². The van der Waals surface area contributed by atoms with Crippen molar-refractivity contribution in [1.82, 2.24) is 15.6 Å². The van der Waals surface area contributed by atoms with Crippen LogP contribution in [0, 0.1) is 0 Å². The molecule has 0 bridgehead atoms. The number of amides is 2. The van der Waals surface area contributed by atoms with Gasteiger partial charge in [-0.3, -0.25) is 9.59 Å². The van der Waals surface area contributed by atoms with Crippen molar-refractivity contribution in [2.75, 3.05) is 6.54 Å². The Bertz CT molecular complexity index is 513. The highest BCUT2D eigenvalue weighted by molar-refractivity contribution is 5.84. The molecule has 2 amide bonds. The molecule has 0 saturated heterocycles. The first-order valence-electron chi connectivity index (χ1n) is 7.82. The summed E-state index contributed by atoms with van der Waals surface area (Å²) in [5.41, 5.74) is 0.929. The van der Waals surface area contributed by atoms with Crippen LogP contribution in [0.3, 0.4) is 0 Å². The van der Waals surface area contributed by atoms with Crippen molar-refractivity contribution in [3.05, 3.63) is 23.9 Å². The third kappa shape index (κ3) is 5.35. The SMILES string of the molecule is CCC(=O)NCC(=O)NCc1ccnc(OC2CCCC2)c1. The van der Waals surface area contributed by atoms with Gasteiger partial charge in [-0.2, -0.15) is 0 Å². The van der Waals surface area contributed by atoms with Crippen LogP contribution in [0.15, 0.2) is 18.3 Å². The van der Waals surface area contributed by atoms with Gasteiger partial charge < -0.3 is 15.4 Å². The Balaban J connectivity index is 1.77. The number of carbonyl (C=O) groups excluding carboxylic acids is 2. The Labute approximate surface area is 130 Å². The fourth-order valence-electron chi connectivity index (χ4n) is 2.37. The molecule has 0 aromatic carbocycles. The van der Waals surface area contributed by atoms with Gasteiger partial charge in [0.2, 0.25) is 17.7 Å². The molecule has 0 atom stereocenters. The summed E-state index contributed by atoms with van der Waals surface area (Å²) in [7, 11) is 0. The molecular weight excluding hydrogens is 282 g/mol. The van der Waals surface area contributed by atoms with Crippen molar-refractivity contribution in [3.63, 3.8) is 0 Å². The van der Waals surface area contributed by atoms with Crippen LogP contribution >= 0.6 is 0 Å². The topological polar surface area (TPSA) is 80.3 Å². The summed E-state index contributed by atoms with van der Waals surface area (Å²) in [6.45, 7) is 2.14. The minimum Gasteiger partial charge on any atom is -0.474 e. The lowest BCUT2D eigenvalue weighted by Crippen LogP contribution is -2.36. The van der Waals surface area contributed by atoms with Crippen LogP contribution in [0.2, 0.25) is 0 Å². The van der Waals surface area contributed by atoms with Crippen molar-refractivity contribution in [1.29, 1.82) is 0 Å². The average Bonchev–Trinajstić information content (AvgIpc) is 3.04. The Hall–Kier alpha value is -2.11. The molecule has 0 aliphatic heterocycles. The lowest BCUT2D eigenvalue weighted by molar-refractivity contribution is -0.126. The van der Waals surface area contributed by atoms with E-state index >= 15 is 0 Å². The van der Waals surface area contributed by atoms with E-state index in [1.165, 1.54) is 12.8 Å². The zero-order valence-corrected chi connectivity index (χ0v) is 12.9. The molecule has 1 aliphatic rings. The van der Waals surface area contributed by atoms with E-state index in [-0.39, 0.29) is 24.5 Å². The number of rotatable bonds is 7. The van der Waals surface area contributed by atoms with Crippen molar-refractivity contribution in [3.8, 4) is 5.88 Å². The van der Waals surface area contributed by atoms with Gasteiger partial charge in [-0.15, -0.1) is 0 Å². The van der Waals surface area contributed by atoms with Crippen LogP contribution in [0.4, 0.5) is 0 Å². The largest absolute Gasteiger partial charge is 0.474 e. The second kappa shape index (κ2) is 8.36. The first-order chi connectivity index (χ1) is 10.7. The Morgan fingerprint density at radius 2 is 2.05 bits per heavy atom. The van der Waals surface area contributed by atoms with Gasteiger partial charge in [0.05, 0.1) is 6.54 Å². The van der Waals surface area contributed by atoms with E-state index in [2.05, 4.69) is 15.6 Å². The van der Waals surface area contributed by atoms with Crippen LogP contribution in [0.25, 0.3) is 0 Å². The number of carbonyl (C=O) groups is 2. The fraction of sp³-hybridized carbons (Fsp3) is 0.562. The zero-order valence-electron chi connectivity index (χ0n) is 12.9. The standard InChI is InChI=1S/C16H23N3O3/c1-2-14(20)19-11-15(21)18-10-12-7-8-17-16(9-12)22-13-5-3-4-6-13/h7-9,13H,2-6,10-11H2,1H3,(H,18,21)(H,19,20). The summed E-state index contributed by atoms with van der Waals surface area (Å²) in [5, 5.41) is 5.30. The second-order valence-corrected chi connectivity index (χ2v) is 5.43. The van der Waals surface area contributed by atoms with Crippen molar-refractivity contribution >= 4 is 11.8 Å². The molecular formula is C16H23N3O3. The molecule has 0 spiro atoms. The third-order valence-corrected chi connectivity index (χ3v) is 3.65. The fourth-order valence-corrected chi connectivity index (χ4v) is 2.37. The number of nitrogens with one attached hydrogen (secondary N) is 2. The van der Waals surface area contributed by atoms with Gasteiger partial charge in [0, 0.05) is 25.2 Å². The minimum absolute atomic E-state index is 0.00316. The van der Waals surface area contributed by atoms with Gasteiger partial charge in [0.25, 0.3) is 0 Å². The first-order valence-corrected chi connectivity index (χ1v) is 7.82. The number of nitrogens with zero attached hydrogens (tertiary/aromatic N) is 1. The molecule has 22 heavy (non-hydrogen) atoms. The van der Waals surface area contributed by atoms with Gasteiger partial charge in [-0.25, -0.2) is 4.98 Å². The Morgan fingerprint density at radius 3 is 2.77 bits per heavy atom. The quantitative estimate of drug-likeness (QED) is 0.801. The second-order valence-electron chi connectivity index (χ2n) is 5.43. The van der Waals surface area contributed by atoms with Gasteiger partial charge in [-0.1, -0.05) is 6.92 Å². The molecule has 1 heterocycles. The zero-order chi connectivity index (χ0) is 15.8. The van der Waals surface area contributed by atoms with Gasteiger partial charge in [0.1, 0.15) is 6.10 Å². The highest BCUT2D eigenvalue weighted by Crippen LogP contribution is 2.23. The van der Waals surface area contributed by atoms with Crippen molar-refractivity contribution < 1.29 is 14.3 Å². The maximum Gasteiger partial charge on any atom is 0.239 e. The normalized spacial score (nSPS) is 14.6. The molecule has 1 aromatic heterocycles. The monoisotopic (exact) mass is 305 g/mol. The highest BCUT2D eigenvalue weighted by atomic mass is 16.5. The highest BCUT2D eigenvalue weighted by Gasteiger charge is 2.17. The van der Waals surface area contributed by atoms with Gasteiger partial charge in [0.15, 0.2) is 0 Å². The predicted molar refractivity (Wildman–Crippen MR) is 82.3 cm³/mol. The molecule has 6 nitrogen and oxygen atoms in total. The summed E-state index contributed by atoms with van der Waals surface area (Å²) in [4.78, 5) is 26.9. The van der Waals surface area contributed by atoms with Crippen molar-refractivity contribution in [2.24, 2.45) is 0 Å². The van der Waals surface area contributed by atoms with E-state index in [0.29, 0.717) is 18.8 Å². The molecule has 6 heteroatoms. The predicted octanol–water partition coefficient (Wildman–Crippen LogP) is 1.55. The molecule has 1 fully saturated rings. The molecule has 2 rings (SSSR count). The van der Waals surface area contributed by atoms with E-state index in [0.717, 1.165) is 18.4 Å². The van der Waals surface area contributed by atoms with E-state index in [9.17, 15) is 9.59 Å². The molecule has 120 valence electrons. The van der Waals surface area contributed by atoms with E-state index < -0.39 is 0 Å². The Morgan fingerprint density at radius 1 is 1.27 bits per heavy atom. The van der Waals surface area contributed by atoms with Crippen LogP contribution in [-0.2, 0) is 16.1 Å². The molecule has 1 aliphatic carbocycles. The van der Waals surface area contributed by atoms with Gasteiger partial charge in [-0.05, 0) is 37.3 Å². The molecule has 1 aromatic rings. The van der Waals surface area contributed by atoms with E-state index in [4.69, 9.17) is 4.74 Å². The number of hydrogen-bond acceptors (Lipinski definition) is 4. The van der Waals surface area contributed by atoms with E-state index in [1.807, 2.05) is 12.1 Å².